The number of carbonyl (C=O) groups is 1. The van der Waals surface area contributed by atoms with E-state index in [2.05, 4.69) is 0 Å². The quantitative estimate of drug-likeness (QED) is 0.217. The minimum Gasteiger partial charge on any atom is -0.487 e. The number of nitrogens with zero attached hydrogens (tertiary/aromatic N) is 4. The van der Waals surface area contributed by atoms with E-state index >= 15 is 0 Å². The van der Waals surface area contributed by atoms with Crippen LogP contribution in [0.15, 0.2) is 52.1 Å². The first-order chi connectivity index (χ1) is 18.3. The molecule has 0 saturated carbocycles. The van der Waals surface area contributed by atoms with Crippen molar-refractivity contribution in [2.24, 2.45) is 13.0 Å². The molecule has 0 spiro atoms. The lowest BCUT2D eigenvalue weighted by molar-refractivity contribution is -0.141. The summed E-state index contributed by atoms with van der Waals surface area (Å²) >= 11 is 0. The number of esters is 1. The van der Waals surface area contributed by atoms with Gasteiger partial charge in [0.15, 0.2) is 11.2 Å². The van der Waals surface area contributed by atoms with Crippen LogP contribution in [-0.2, 0) is 36.2 Å². The highest BCUT2D eigenvalue weighted by Gasteiger charge is 2.19. The number of unbranched alkanes of at least 4 members (excludes halogenated alkanes) is 2. The van der Waals surface area contributed by atoms with Crippen LogP contribution in [0.25, 0.3) is 21.9 Å². The fourth-order valence-corrected chi connectivity index (χ4v) is 4.44. The molecule has 2 aromatic carbocycles. The molecule has 200 valence electrons. The van der Waals surface area contributed by atoms with Crippen molar-refractivity contribution < 1.29 is 14.3 Å². The molecule has 0 saturated heterocycles. The van der Waals surface area contributed by atoms with Crippen molar-refractivity contribution in [1.82, 2.24) is 19.1 Å². The molecule has 0 fully saturated rings. The van der Waals surface area contributed by atoms with Crippen LogP contribution >= 0.6 is 0 Å². The van der Waals surface area contributed by atoms with E-state index in [0.29, 0.717) is 31.0 Å². The molecule has 0 unspecified atom stereocenters. The van der Waals surface area contributed by atoms with Gasteiger partial charge in [0.2, 0.25) is 0 Å². The summed E-state index contributed by atoms with van der Waals surface area (Å²) in [5.41, 5.74) is 0.839. The second-order valence-corrected chi connectivity index (χ2v) is 9.86. The second-order valence-electron chi connectivity index (χ2n) is 9.86. The van der Waals surface area contributed by atoms with Crippen LogP contribution in [0.1, 0.15) is 51.4 Å². The number of hydrogen-bond donors (Lipinski definition) is 0. The minimum atomic E-state index is -0.463. The van der Waals surface area contributed by atoms with Gasteiger partial charge in [-0.05, 0) is 43.1 Å². The minimum absolute atomic E-state index is 0.144. The maximum atomic E-state index is 13.0. The number of hydrogen-bond acceptors (Lipinski definition) is 7. The molecule has 0 bridgehead atoms. The van der Waals surface area contributed by atoms with E-state index in [1.807, 2.05) is 56.3 Å². The summed E-state index contributed by atoms with van der Waals surface area (Å²) < 4.78 is 13.9. The van der Waals surface area contributed by atoms with Gasteiger partial charge < -0.3 is 9.47 Å². The molecule has 2 heterocycles. The van der Waals surface area contributed by atoms with Crippen LogP contribution in [0.3, 0.4) is 0 Å². The lowest BCUT2D eigenvalue weighted by Gasteiger charge is -2.16. The van der Waals surface area contributed by atoms with E-state index in [4.69, 9.17) is 19.4 Å². The highest BCUT2D eigenvalue weighted by atomic mass is 16.5. The molecule has 0 aliphatic carbocycles. The summed E-state index contributed by atoms with van der Waals surface area (Å²) in [6, 6.07) is 13.9. The fourth-order valence-electron chi connectivity index (χ4n) is 4.44. The molecule has 9 nitrogen and oxygen atoms in total. The first-order valence-corrected chi connectivity index (χ1v) is 13.0. The monoisotopic (exact) mass is 518 g/mol. The summed E-state index contributed by atoms with van der Waals surface area (Å²) in [7, 11) is 1.47. The van der Waals surface area contributed by atoms with Crippen LogP contribution in [0.2, 0.25) is 0 Å². The van der Waals surface area contributed by atoms with E-state index in [1.165, 1.54) is 18.5 Å². The van der Waals surface area contributed by atoms with E-state index in [9.17, 15) is 14.4 Å². The number of benzene rings is 2. The van der Waals surface area contributed by atoms with Crippen LogP contribution in [0.4, 0.5) is 0 Å². The third-order valence-corrected chi connectivity index (χ3v) is 6.34. The molecular weight excluding hydrogens is 484 g/mol. The summed E-state index contributed by atoms with van der Waals surface area (Å²) in [6.07, 6.45) is 2.90. The summed E-state index contributed by atoms with van der Waals surface area (Å²) in [6.45, 7) is 6.34. The third-order valence-electron chi connectivity index (χ3n) is 6.34. The Balaban J connectivity index is 1.71. The Bertz CT molecular complexity index is 1570. The van der Waals surface area contributed by atoms with Crippen molar-refractivity contribution in [3.05, 3.63) is 74.7 Å². The van der Waals surface area contributed by atoms with E-state index in [1.54, 1.807) is 0 Å². The molecular formula is C29H34N4O5. The van der Waals surface area contributed by atoms with Crippen LogP contribution in [-0.4, -0.2) is 31.7 Å². The van der Waals surface area contributed by atoms with Crippen molar-refractivity contribution >= 4 is 27.9 Å². The molecule has 0 aliphatic rings. The molecule has 0 atom stereocenters. The Kier molecular flexibility index (Phi) is 8.55. The predicted octanol–water partition coefficient (Wildman–Crippen LogP) is 4.15. The Hall–Kier alpha value is -4.01. The van der Waals surface area contributed by atoms with Gasteiger partial charge in [-0.2, -0.15) is 0 Å². The zero-order valence-corrected chi connectivity index (χ0v) is 22.4. The van der Waals surface area contributed by atoms with Gasteiger partial charge in [0.25, 0.3) is 5.56 Å². The molecule has 0 aliphatic heterocycles. The van der Waals surface area contributed by atoms with Gasteiger partial charge in [-0.25, -0.2) is 14.8 Å². The first kappa shape index (κ1) is 27.0. The van der Waals surface area contributed by atoms with Gasteiger partial charge in [0.05, 0.1) is 12.3 Å². The lowest BCUT2D eigenvalue weighted by Crippen LogP contribution is -2.40. The molecule has 4 rings (SSSR count). The number of aryl methyl sites for hydroxylation is 1. The smallest absolute Gasteiger partial charge is 0.332 e. The highest BCUT2D eigenvalue weighted by Crippen LogP contribution is 2.26. The Morgan fingerprint density at radius 1 is 0.974 bits per heavy atom. The number of aromatic nitrogens is 4. The number of rotatable bonds is 11. The van der Waals surface area contributed by atoms with Gasteiger partial charge in [-0.1, -0.05) is 50.2 Å². The van der Waals surface area contributed by atoms with Crippen molar-refractivity contribution in [2.75, 3.05) is 6.61 Å². The average molecular weight is 519 g/mol. The molecule has 2 aromatic heterocycles. The fraction of sp³-hybridized carbons (Fsp3) is 0.414. The standard InChI is InChI=1S/C29H34N4O5/c1-19(2)17-33-27-26(28(35)32(4)29(33)36)30-23(14-6-5-9-16-37-20(3)34)24(31-27)18-38-25-15-10-12-21-11-7-8-13-22(21)25/h7-8,10-13,15,19H,5-6,9,14,16-18H2,1-4H3. The molecule has 9 heteroatoms. The summed E-state index contributed by atoms with van der Waals surface area (Å²) in [5, 5.41) is 2.05. The summed E-state index contributed by atoms with van der Waals surface area (Å²) in [5.74, 6) is 0.602. The normalized spacial score (nSPS) is 11.4. The maximum Gasteiger partial charge on any atom is 0.332 e. The Morgan fingerprint density at radius 3 is 2.50 bits per heavy atom. The predicted molar refractivity (Wildman–Crippen MR) is 146 cm³/mol. The molecule has 0 radical (unpaired) electrons. The van der Waals surface area contributed by atoms with Crippen LogP contribution in [0.5, 0.6) is 5.75 Å². The number of fused-ring (bicyclic) bond motifs is 2. The van der Waals surface area contributed by atoms with Crippen molar-refractivity contribution in [3.63, 3.8) is 0 Å². The number of ether oxygens (including phenoxy) is 2. The largest absolute Gasteiger partial charge is 0.487 e. The van der Waals surface area contributed by atoms with Gasteiger partial charge in [-0.15, -0.1) is 0 Å². The second kappa shape index (κ2) is 12.0. The van der Waals surface area contributed by atoms with Crippen molar-refractivity contribution in [3.8, 4) is 5.75 Å². The lowest BCUT2D eigenvalue weighted by atomic mass is 10.1. The molecule has 0 N–H and O–H groups in total. The van der Waals surface area contributed by atoms with Crippen molar-refractivity contribution in [1.29, 1.82) is 0 Å². The van der Waals surface area contributed by atoms with Crippen LogP contribution < -0.4 is 16.0 Å². The highest BCUT2D eigenvalue weighted by molar-refractivity contribution is 5.88. The molecule has 38 heavy (non-hydrogen) atoms. The van der Waals surface area contributed by atoms with Gasteiger partial charge >= 0.3 is 11.7 Å². The third kappa shape index (κ3) is 6.10. The Morgan fingerprint density at radius 2 is 1.74 bits per heavy atom. The average Bonchev–Trinajstić information content (AvgIpc) is 2.90. The maximum absolute atomic E-state index is 13.0. The summed E-state index contributed by atoms with van der Waals surface area (Å²) in [4.78, 5) is 46.6. The van der Waals surface area contributed by atoms with Crippen LogP contribution in [0, 0.1) is 5.92 Å². The molecule has 0 amide bonds. The SMILES string of the molecule is CC(=O)OCCCCCc1nc2c(=O)n(C)c(=O)n(CC(C)C)c2nc1COc1cccc2ccccc12. The zero-order chi connectivity index (χ0) is 27.2. The van der Waals surface area contributed by atoms with Crippen molar-refractivity contribution in [2.45, 2.75) is 59.6 Å². The van der Waals surface area contributed by atoms with E-state index < -0.39 is 11.2 Å². The first-order valence-electron chi connectivity index (χ1n) is 13.0. The van der Waals surface area contributed by atoms with Gasteiger partial charge in [0, 0.05) is 25.9 Å². The van der Waals surface area contributed by atoms with E-state index in [0.717, 1.165) is 40.4 Å². The van der Waals surface area contributed by atoms with Gasteiger partial charge in [-0.3, -0.25) is 18.7 Å². The Labute approximate surface area is 221 Å². The number of carbonyl (C=O) groups excluding carboxylic acids is 1. The van der Waals surface area contributed by atoms with E-state index in [-0.39, 0.29) is 29.7 Å². The topological polar surface area (TPSA) is 105 Å². The van der Waals surface area contributed by atoms with Gasteiger partial charge in [0.1, 0.15) is 18.1 Å². The molecule has 4 aromatic rings. The zero-order valence-electron chi connectivity index (χ0n) is 22.4.